The number of aromatic nitrogens is 2. The molecule has 1 N–H and O–H groups in total. The molecule has 0 aliphatic heterocycles. The van der Waals surface area contributed by atoms with Gasteiger partial charge in [-0.15, -0.1) is 11.3 Å². The highest BCUT2D eigenvalue weighted by molar-refractivity contribution is 7.15. The first-order valence-corrected chi connectivity index (χ1v) is 10.4. The van der Waals surface area contributed by atoms with Crippen LogP contribution in [0.2, 0.25) is 5.02 Å². The molecule has 0 unspecified atom stereocenters. The molecule has 3 aromatic rings. The minimum atomic E-state index is -0.108. The Bertz CT molecular complexity index is 948. The van der Waals surface area contributed by atoms with Crippen LogP contribution in [0.5, 0.6) is 0 Å². The van der Waals surface area contributed by atoms with E-state index in [-0.39, 0.29) is 17.7 Å². The normalized spacial score (nSPS) is 11.4. The molecule has 0 saturated heterocycles. The highest BCUT2D eigenvalue weighted by Gasteiger charge is 2.17. The lowest BCUT2D eigenvalue weighted by Crippen LogP contribution is -2.16. The van der Waals surface area contributed by atoms with Gasteiger partial charge in [-0.25, -0.2) is 4.98 Å². The smallest absolute Gasteiger partial charge is 0.230 e. The fraction of sp³-hybridized carbons (Fsp3) is 0.318. The average Bonchev–Trinajstić information content (AvgIpc) is 3.09. The van der Waals surface area contributed by atoms with Crippen LogP contribution in [-0.2, 0) is 29.5 Å². The highest BCUT2D eigenvalue weighted by atomic mass is 35.5. The van der Waals surface area contributed by atoms with Crippen molar-refractivity contribution in [2.24, 2.45) is 0 Å². The number of hydrogen-bond donors (Lipinski definition) is 1. The van der Waals surface area contributed by atoms with Crippen LogP contribution in [0.15, 0.2) is 48.9 Å². The molecule has 0 aliphatic rings. The molecule has 146 valence electrons. The van der Waals surface area contributed by atoms with E-state index in [1.165, 1.54) is 16.9 Å². The number of rotatable bonds is 6. The number of nitrogens with one attached hydrogen (secondary N) is 1. The fourth-order valence-corrected chi connectivity index (χ4v) is 3.82. The SMILES string of the molecule is CC(C)(C)c1ccc(Cl)c(CC(=O)Nc2ncc(CCc3ccncc3)s2)c1. The number of carbonyl (C=O) groups is 1. The summed E-state index contributed by atoms with van der Waals surface area (Å²) in [6, 6.07) is 9.92. The first-order chi connectivity index (χ1) is 13.3. The van der Waals surface area contributed by atoms with E-state index in [2.05, 4.69) is 36.1 Å². The van der Waals surface area contributed by atoms with E-state index >= 15 is 0 Å². The van der Waals surface area contributed by atoms with E-state index in [1.54, 1.807) is 12.4 Å². The number of carbonyl (C=O) groups excluding carboxylic acids is 1. The summed E-state index contributed by atoms with van der Waals surface area (Å²) in [5.74, 6) is -0.108. The number of anilines is 1. The molecule has 2 heterocycles. The molecule has 3 rings (SSSR count). The standard InChI is InChI=1S/C22H24ClN3OS/c1-22(2,3)17-5-7-19(23)16(12-17)13-20(27)26-21-25-14-18(28-21)6-4-15-8-10-24-11-9-15/h5,7-12,14H,4,6,13H2,1-3H3,(H,25,26,27). The van der Waals surface area contributed by atoms with Crippen LogP contribution in [0.25, 0.3) is 0 Å². The molecule has 0 radical (unpaired) electrons. The summed E-state index contributed by atoms with van der Waals surface area (Å²) in [7, 11) is 0. The summed E-state index contributed by atoms with van der Waals surface area (Å²) in [4.78, 5) is 22.0. The number of pyridine rings is 1. The molecule has 2 aromatic heterocycles. The second-order valence-electron chi connectivity index (χ2n) is 7.77. The van der Waals surface area contributed by atoms with Crippen LogP contribution < -0.4 is 5.32 Å². The van der Waals surface area contributed by atoms with Gasteiger partial charge in [0.15, 0.2) is 5.13 Å². The van der Waals surface area contributed by atoms with Gasteiger partial charge in [0, 0.05) is 28.5 Å². The van der Waals surface area contributed by atoms with Gasteiger partial charge in [-0.05, 0) is 53.1 Å². The lowest BCUT2D eigenvalue weighted by molar-refractivity contribution is -0.115. The molecule has 0 atom stereocenters. The Hall–Kier alpha value is -2.24. The topological polar surface area (TPSA) is 54.9 Å². The molecule has 0 spiro atoms. The van der Waals surface area contributed by atoms with Crippen molar-refractivity contribution in [1.82, 2.24) is 9.97 Å². The van der Waals surface area contributed by atoms with Gasteiger partial charge >= 0.3 is 0 Å². The molecule has 1 amide bonds. The zero-order valence-electron chi connectivity index (χ0n) is 16.3. The van der Waals surface area contributed by atoms with Crippen LogP contribution in [0, 0.1) is 0 Å². The quantitative estimate of drug-likeness (QED) is 0.584. The maximum absolute atomic E-state index is 12.5. The predicted octanol–water partition coefficient (Wildman–Crippen LogP) is 5.46. The Kier molecular flexibility index (Phi) is 6.47. The van der Waals surface area contributed by atoms with Crippen molar-refractivity contribution < 1.29 is 4.79 Å². The summed E-state index contributed by atoms with van der Waals surface area (Å²) in [6.07, 6.45) is 7.47. The summed E-state index contributed by atoms with van der Waals surface area (Å²) in [5.41, 5.74) is 3.24. The van der Waals surface area contributed by atoms with Crippen LogP contribution in [-0.4, -0.2) is 15.9 Å². The zero-order chi connectivity index (χ0) is 20.1. The maximum atomic E-state index is 12.5. The van der Waals surface area contributed by atoms with E-state index in [1.807, 2.05) is 36.5 Å². The van der Waals surface area contributed by atoms with E-state index in [9.17, 15) is 4.79 Å². The molecule has 0 bridgehead atoms. The molecule has 6 heteroatoms. The first kappa shape index (κ1) is 20.5. The van der Waals surface area contributed by atoms with Crippen LogP contribution in [0.4, 0.5) is 5.13 Å². The van der Waals surface area contributed by atoms with Gasteiger partial charge in [0.25, 0.3) is 0 Å². The summed E-state index contributed by atoms with van der Waals surface area (Å²) < 4.78 is 0. The lowest BCUT2D eigenvalue weighted by atomic mass is 9.86. The van der Waals surface area contributed by atoms with Gasteiger partial charge in [0.2, 0.25) is 5.91 Å². The number of nitrogens with zero attached hydrogens (tertiary/aromatic N) is 2. The summed E-state index contributed by atoms with van der Waals surface area (Å²) in [5, 5.41) is 4.13. The Morgan fingerprint density at radius 3 is 2.61 bits per heavy atom. The van der Waals surface area contributed by atoms with E-state index in [0.717, 1.165) is 28.8 Å². The van der Waals surface area contributed by atoms with Crippen molar-refractivity contribution in [2.75, 3.05) is 5.32 Å². The number of aryl methyl sites for hydroxylation is 2. The van der Waals surface area contributed by atoms with E-state index < -0.39 is 0 Å². The second-order valence-corrected chi connectivity index (χ2v) is 9.29. The second kappa shape index (κ2) is 8.84. The minimum absolute atomic E-state index is 0.00877. The Morgan fingerprint density at radius 2 is 1.89 bits per heavy atom. The number of hydrogen-bond acceptors (Lipinski definition) is 4. The Balaban J connectivity index is 1.59. The molecular formula is C22H24ClN3OS. The molecule has 0 saturated carbocycles. The third-order valence-corrected chi connectivity index (χ3v) is 5.81. The molecule has 0 fully saturated rings. The molecule has 28 heavy (non-hydrogen) atoms. The third kappa shape index (κ3) is 5.63. The third-order valence-electron chi connectivity index (χ3n) is 4.47. The largest absolute Gasteiger partial charge is 0.302 e. The predicted molar refractivity (Wildman–Crippen MR) is 116 cm³/mol. The van der Waals surface area contributed by atoms with E-state index in [4.69, 9.17) is 11.6 Å². The van der Waals surface area contributed by atoms with Crippen LogP contribution in [0.3, 0.4) is 0 Å². The van der Waals surface area contributed by atoms with Crippen molar-refractivity contribution in [2.45, 2.75) is 45.4 Å². The Morgan fingerprint density at radius 1 is 1.14 bits per heavy atom. The minimum Gasteiger partial charge on any atom is -0.302 e. The number of thiazole rings is 1. The lowest BCUT2D eigenvalue weighted by Gasteiger charge is -2.20. The van der Waals surface area contributed by atoms with Crippen LogP contribution >= 0.6 is 22.9 Å². The zero-order valence-corrected chi connectivity index (χ0v) is 17.9. The summed E-state index contributed by atoms with van der Waals surface area (Å²) in [6.45, 7) is 6.43. The monoisotopic (exact) mass is 413 g/mol. The average molecular weight is 414 g/mol. The number of benzene rings is 1. The number of amides is 1. The van der Waals surface area contributed by atoms with Gasteiger partial charge in [0.05, 0.1) is 6.42 Å². The van der Waals surface area contributed by atoms with Gasteiger partial charge < -0.3 is 5.32 Å². The van der Waals surface area contributed by atoms with Crippen molar-refractivity contribution in [3.63, 3.8) is 0 Å². The number of halogens is 1. The molecule has 1 aromatic carbocycles. The van der Waals surface area contributed by atoms with Gasteiger partial charge in [0.1, 0.15) is 0 Å². The van der Waals surface area contributed by atoms with Crippen molar-refractivity contribution in [3.05, 3.63) is 75.5 Å². The van der Waals surface area contributed by atoms with Crippen molar-refractivity contribution in [1.29, 1.82) is 0 Å². The van der Waals surface area contributed by atoms with Gasteiger partial charge in [-0.2, -0.15) is 0 Å². The maximum Gasteiger partial charge on any atom is 0.230 e. The van der Waals surface area contributed by atoms with Gasteiger partial charge in [-0.1, -0.05) is 44.5 Å². The molecule has 0 aliphatic carbocycles. The Labute approximate surface area is 175 Å². The van der Waals surface area contributed by atoms with Crippen molar-refractivity contribution >= 4 is 34.0 Å². The highest BCUT2D eigenvalue weighted by Crippen LogP contribution is 2.27. The van der Waals surface area contributed by atoms with Gasteiger partial charge in [-0.3, -0.25) is 9.78 Å². The fourth-order valence-electron chi connectivity index (χ4n) is 2.81. The van der Waals surface area contributed by atoms with Crippen molar-refractivity contribution in [3.8, 4) is 0 Å². The van der Waals surface area contributed by atoms with Crippen LogP contribution in [0.1, 0.15) is 42.3 Å². The first-order valence-electron chi connectivity index (χ1n) is 9.23. The molecule has 4 nitrogen and oxygen atoms in total. The van der Waals surface area contributed by atoms with E-state index in [0.29, 0.717) is 10.2 Å². The summed E-state index contributed by atoms with van der Waals surface area (Å²) >= 11 is 7.81. The molecular weight excluding hydrogens is 390 g/mol.